The van der Waals surface area contributed by atoms with Gasteiger partial charge in [-0.1, -0.05) is 51.1 Å². The van der Waals surface area contributed by atoms with Crippen LogP contribution in [0.3, 0.4) is 0 Å². The highest BCUT2D eigenvalue weighted by atomic mass is 32.1. The number of rotatable bonds is 23. The minimum Gasteiger partial charge on any atom is -0.494 e. The average Bonchev–Trinajstić information content (AvgIpc) is 3.99. The fraction of sp³-hybridized carbons (Fsp3) is 0.481. The smallest absolute Gasteiger partial charge is 0.416 e. The van der Waals surface area contributed by atoms with Crippen LogP contribution >= 0.6 is 23.6 Å². The van der Waals surface area contributed by atoms with Crippen molar-refractivity contribution in [2.75, 3.05) is 49.4 Å². The van der Waals surface area contributed by atoms with E-state index < -0.39 is 58.6 Å². The van der Waals surface area contributed by atoms with E-state index in [4.69, 9.17) is 26.4 Å². The highest BCUT2D eigenvalue weighted by Gasteiger charge is 2.51. The third-order valence-electron chi connectivity index (χ3n) is 12.4. The Morgan fingerprint density at radius 1 is 0.958 bits per heavy atom. The number of thiazole rings is 1. The fourth-order valence-corrected chi connectivity index (χ4v) is 9.86. The molecule has 0 unspecified atom stereocenters. The normalized spacial score (nSPS) is 17.3. The molecular formula is C52H64F3N7O8S2. The zero-order chi connectivity index (χ0) is 52.4. The molecule has 20 heteroatoms. The summed E-state index contributed by atoms with van der Waals surface area (Å²) in [6, 6.07) is 16.6. The van der Waals surface area contributed by atoms with Gasteiger partial charge < -0.3 is 39.8 Å². The maximum absolute atomic E-state index is 14.0. The summed E-state index contributed by atoms with van der Waals surface area (Å²) in [4.78, 5) is 67.1. The van der Waals surface area contributed by atoms with Gasteiger partial charge in [-0.3, -0.25) is 29.1 Å². The molecule has 72 heavy (non-hydrogen) atoms. The number of benzene rings is 3. The summed E-state index contributed by atoms with van der Waals surface area (Å²) in [5.41, 5.74) is 2.42. The van der Waals surface area contributed by atoms with E-state index in [-0.39, 0.29) is 54.9 Å². The van der Waals surface area contributed by atoms with Crippen LogP contribution in [-0.2, 0) is 47.9 Å². The molecular weight excluding hydrogens is 972 g/mol. The first kappa shape index (κ1) is 55.5. The van der Waals surface area contributed by atoms with Gasteiger partial charge in [-0.2, -0.15) is 13.2 Å². The molecule has 388 valence electrons. The molecule has 4 aromatic rings. The lowest BCUT2D eigenvalue weighted by atomic mass is 9.85. The molecule has 0 radical (unpaired) electrons. The van der Waals surface area contributed by atoms with E-state index in [9.17, 15) is 37.5 Å². The SMILES string of the molecule is C=NCc1ccc(N2C(=O)C(C)(C)N(c3ccc(OCCCCOCCCCOCC(=O)N[C@H](C(=O)N4C[C@H](O)C[C@H]4C(=O)NCc4ccc(-c5scnc5C)cc4)C(C)(C)C)cc3)C2=S)cc1C(F)(F)F. The number of anilines is 2. The maximum atomic E-state index is 14.0. The number of hydrogen-bond donors (Lipinski definition) is 3. The largest absolute Gasteiger partial charge is 0.494 e. The number of nitrogens with zero attached hydrogens (tertiary/aromatic N) is 5. The lowest BCUT2D eigenvalue weighted by Gasteiger charge is -2.35. The van der Waals surface area contributed by atoms with Crippen molar-refractivity contribution in [2.45, 2.75) is 117 Å². The van der Waals surface area contributed by atoms with Gasteiger partial charge in [-0.25, -0.2) is 4.98 Å². The molecule has 0 saturated carbocycles. The Morgan fingerprint density at radius 3 is 2.21 bits per heavy atom. The number of halogens is 3. The lowest BCUT2D eigenvalue weighted by Crippen LogP contribution is -2.58. The number of aliphatic hydroxyl groups excluding tert-OH is 1. The van der Waals surface area contributed by atoms with E-state index in [0.29, 0.717) is 50.7 Å². The molecule has 3 atom stereocenters. The Morgan fingerprint density at radius 2 is 1.60 bits per heavy atom. The number of hydrogen-bond acceptors (Lipinski definition) is 12. The van der Waals surface area contributed by atoms with Gasteiger partial charge in [0.1, 0.15) is 30.0 Å². The first-order valence-electron chi connectivity index (χ1n) is 23.9. The zero-order valence-corrected chi connectivity index (χ0v) is 43.2. The number of aliphatic hydroxyl groups is 1. The van der Waals surface area contributed by atoms with Crippen LogP contribution < -0.4 is 25.2 Å². The second-order valence-electron chi connectivity index (χ2n) is 19.4. The van der Waals surface area contributed by atoms with Crippen molar-refractivity contribution in [3.63, 3.8) is 0 Å². The zero-order valence-electron chi connectivity index (χ0n) is 41.6. The van der Waals surface area contributed by atoms with Crippen molar-refractivity contribution in [2.24, 2.45) is 10.4 Å². The second kappa shape index (κ2) is 24.3. The quantitative estimate of drug-likeness (QED) is 0.0373. The van der Waals surface area contributed by atoms with Gasteiger partial charge >= 0.3 is 6.18 Å². The molecule has 3 aromatic carbocycles. The van der Waals surface area contributed by atoms with E-state index in [2.05, 4.69) is 27.3 Å². The number of nitrogens with one attached hydrogen (secondary N) is 2. The molecule has 3 N–H and O–H groups in total. The Kier molecular flexibility index (Phi) is 18.7. The highest BCUT2D eigenvalue weighted by molar-refractivity contribution is 7.81. The van der Waals surface area contributed by atoms with Gasteiger partial charge in [0.2, 0.25) is 17.7 Å². The number of unbranched alkanes of at least 4 members (excludes halogenated alkanes) is 2. The summed E-state index contributed by atoms with van der Waals surface area (Å²) >= 11 is 7.24. The molecule has 3 heterocycles. The van der Waals surface area contributed by atoms with Gasteiger partial charge in [-0.15, -0.1) is 11.3 Å². The Labute approximate surface area is 428 Å². The number of amides is 4. The molecule has 0 aliphatic carbocycles. The Hall–Kier alpha value is -5.80. The monoisotopic (exact) mass is 1040 g/mol. The molecule has 4 amide bonds. The van der Waals surface area contributed by atoms with Crippen LogP contribution in [0.15, 0.2) is 77.2 Å². The third kappa shape index (κ3) is 13.8. The van der Waals surface area contributed by atoms with Crippen LogP contribution in [-0.4, -0.2) is 114 Å². The Bertz CT molecular complexity index is 2550. The fourth-order valence-electron chi connectivity index (χ4n) is 8.53. The van der Waals surface area contributed by atoms with Gasteiger partial charge in [-0.05, 0) is 124 Å². The summed E-state index contributed by atoms with van der Waals surface area (Å²) in [5, 5.41) is 16.3. The number of carbonyl (C=O) groups is 4. The minimum absolute atomic E-state index is 0.0103. The maximum Gasteiger partial charge on any atom is 0.416 e. The Balaban J connectivity index is 0.853. The number of likely N-dealkylation sites (tertiary alicyclic amines) is 1. The van der Waals surface area contributed by atoms with Crippen molar-refractivity contribution in [1.29, 1.82) is 0 Å². The number of aliphatic imine (C=N–C) groups is 1. The number of carbonyl (C=O) groups excluding carboxylic acids is 4. The number of aryl methyl sites for hydroxylation is 1. The van der Waals surface area contributed by atoms with E-state index in [1.807, 2.05) is 52.0 Å². The summed E-state index contributed by atoms with van der Waals surface area (Å²) in [6.07, 6.45) is -2.62. The number of aromatic nitrogens is 1. The van der Waals surface area contributed by atoms with Gasteiger partial charge in [0.25, 0.3) is 5.91 Å². The van der Waals surface area contributed by atoms with Crippen LogP contribution in [0.25, 0.3) is 10.4 Å². The van der Waals surface area contributed by atoms with E-state index in [1.165, 1.54) is 17.0 Å². The molecule has 15 nitrogen and oxygen atoms in total. The van der Waals surface area contributed by atoms with Crippen molar-refractivity contribution in [1.82, 2.24) is 20.5 Å². The van der Waals surface area contributed by atoms with Gasteiger partial charge in [0.05, 0.1) is 46.6 Å². The summed E-state index contributed by atoms with van der Waals surface area (Å²) < 4.78 is 59.1. The van der Waals surface area contributed by atoms with Gasteiger partial charge in [0.15, 0.2) is 5.11 Å². The van der Waals surface area contributed by atoms with Crippen LogP contribution in [0, 0.1) is 12.3 Å². The van der Waals surface area contributed by atoms with E-state index in [0.717, 1.165) is 45.5 Å². The number of thiocarbonyl (C=S) groups is 1. The van der Waals surface area contributed by atoms with Crippen molar-refractivity contribution in [3.05, 3.63) is 94.6 Å². The van der Waals surface area contributed by atoms with Crippen LogP contribution in [0.1, 0.15) is 89.1 Å². The molecule has 2 aliphatic heterocycles. The molecule has 2 aliphatic rings. The summed E-state index contributed by atoms with van der Waals surface area (Å²) in [7, 11) is 0. The van der Waals surface area contributed by atoms with E-state index in [1.54, 1.807) is 59.9 Å². The minimum atomic E-state index is -4.67. The number of β-amino-alcohol motifs (C(OH)–C–C–N with tert-alkyl or cyclic N) is 1. The topological polar surface area (TPSA) is 175 Å². The van der Waals surface area contributed by atoms with Gasteiger partial charge in [0, 0.05) is 45.0 Å². The number of alkyl halides is 3. The van der Waals surface area contributed by atoms with Crippen LogP contribution in [0.4, 0.5) is 24.5 Å². The molecule has 2 saturated heterocycles. The molecule has 0 bridgehead atoms. The molecule has 0 spiro atoms. The first-order chi connectivity index (χ1) is 34.1. The van der Waals surface area contributed by atoms with Crippen LogP contribution in [0.5, 0.6) is 5.75 Å². The van der Waals surface area contributed by atoms with E-state index >= 15 is 0 Å². The standard InChI is InChI=1S/C52H64F3N7O8S2/c1-33-44(72-32-58-33)35-14-12-34(13-15-35)28-57-46(65)42-27-39(63)30-60(42)47(66)45(50(2,3)4)59-43(64)31-69-24-9-8-22-68-23-10-11-25-70-40-20-18-37(19-21-40)62-49(71)61(48(67)51(62,5)6)38-17-16-36(29-56-7)41(26-38)52(53,54)55/h12-21,26,32,39,42,45,63H,7-11,22-25,27-31H2,1-6H3,(H,57,65)(H,59,64)/t39-,42+,45-/m1/s1. The predicted molar refractivity (Wildman–Crippen MR) is 275 cm³/mol. The molecule has 1 aromatic heterocycles. The number of ether oxygens (including phenoxy) is 3. The summed E-state index contributed by atoms with van der Waals surface area (Å²) in [5.74, 6) is -1.17. The third-order valence-corrected chi connectivity index (χ3v) is 13.8. The highest BCUT2D eigenvalue weighted by Crippen LogP contribution is 2.40. The lowest BCUT2D eigenvalue weighted by molar-refractivity contribution is -0.144. The molecule has 2 fully saturated rings. The average molecular weight is 1040 g/mol. The van der Waals surface area contributed by atoms with Crippen molar-refractivity contribution in [3.8, 4) is 16.2 Å². The summed E-state index contributed by atoms with van der Waals surface area (Å²) in [6.45, 7) is 15.6. The van der Waals surface area contributed by atoms with Crippen LogP contribution in [0.2, 0.25) is 0 Å². The van der Waals surface area contributed by atoms with Crippen molar-refractivity contribution >= 4 is 70.4 Å². The predicted octanol–water partition coefficient (Wildman–Crippen LogP) is 8.04. The molecule has 6 rings (SSSR count). The van der Waals surface area contributed by atoms with Crippen molar-refractivity contribution < 1.29 is 51.7 Å². The first-order valence-corrected chi connectivity index (χ1v) is 25.1. The second-order valence-corrected chi connectivity index (χ2v) is 20.6.